The van der Waals surface area contributed by atoms with Crippen LogP contribution in [0.25, 0.3) is 0 Å². The van der Waals surface area contributed by atoms with Crippen LogP contribution in [-0.4, -0.2) is 63.9 Å². The molecule has 0 bridgehead atoms. The van der Waals surface area contributed by atoms with E-state index in [1.165, 1.54) is 18.3 Å². The molecule has 2 N–H and O–H groups in total. The maximum absolute atomic E-state index is 12.3. The Kier molecular flexibility index (Phi) is 4.31. The van der Waals surface area contributed by atoms with Gasteiger partial charge in [0.25, 0.3) is 5.91 Å². The first-order valence-electron chi connectivity index (χ1n) is 6.26. The summed E-state index contributed by atoms with van der Waals surface area (Å²) in [4.78, 5) is 28.3. The SMILES string of the molecule is CC1CN(C(=O)c2ccc(C(=O)O)nc2)CC(CO)O1. The lowest BCUT2D eigenvalue weighted by Gasteiger charge is -2.36. The third-order valence-corrected chi connectivity index (χ3v) is 3.05. The molecule has 1 aromatic rings. The number of carboxylic acids is 1. The Balaban J connectivity index is 2.11. The molecular formula is C13H16N2O5. The Morgan fingerprint density at radius 2 is 2.20 bits per heavy atom. The molecule has 7 heteroatoms. The van der Waals surface area contributed by atoms with Crippen molar-refractivity contribution in [2.24, 2.45) is 0 Å². The Morgan fingerprint density at radius 3 is 2.75 bits per heavy atom. The van der Waals surface area contributed by atoms with Crippen LogP contribution < -0.4 is 0 Å². The van der Waals surface area contributed by atoms with Crippen LogP contribution in [0, 0.1) is 0 Å². The number of pyridine rings is 1. The van der Waals surface area contributed by atoms with Gasteiger partial charge in [-0.25, -0.2) is 9.78 Å². The van der Waals surface area contributed by atoms with Crippen LogP contribution in [0.15, 0.2) is 18.3 Å². The first-order chi connectivity index (χ1) is 9.51. The van der Waals surface area contributed by atoms with Gasteiger partial charge in [0, 0.05) is 19.3 Å². The quantitative estimate of drug-likeness (QED) is 0.808. The summed E-state index contributed by atoms with van der Waals surface area (Å²) in [6, 6.07) is 2.73. The van der Waals surface area contributed by atoms with Gasteiger partial charge < -0.3 is 19.8 Å². The Labute approximate surface area is 115 Å². The van der Waals surface area contributed by atoms with Gasteiger partial charge in [0.1, 0.15) is 5.69 Å². The molecule has 2 rings (SSSR count). The van der Waals surface area contributed by atoms with Crippen molar-refractivity contribution in [1.82, 2.24) is 9.88 Å². The molecule has 1 aliphatic heterocycles. The fourth-order valence-corrected chi connectivity index (χ4v) is 2.14. The molecule has 1 amide bonds. The highest BCUT2D eigenvalue weighted by atomic mass is 16.5. The number of carbonyl (C=O) groups is 2. The zero-order chi connectivity index (χ0) is 14.7. The fourth-order valence-electron chi connectivity index (χ4n) is 2.14. The van der Waals surface area contributed by atoms with Gasteiger partial charge in [0.2, 0.25) is 0 Å². The van der Waals surface area contributed by atoms with Crippen LogP contribution in [0.1, 0.15) is 27.8 Å². The number of aromatic carboxylic acids is 1. The number of morpholine rings is 1. The van der Waals surface area contributed by atoms with Gasteiger partial charge in [0.05, 0.1) is 24.4 Å². The predicted molar refractivity (Wildman–Crippen MR) is 68.5 cm³/mol. The zero-order valence-corrected chi connectivity index (χ0v) is 11.0. The van der Waals surface area contributed by atoms with Crippen molar-refractivity contribution in [2.75, 3.05) is 19.7 Å². The van der Waals surface area contributed by atoms with Gasteiger partial charge in [-0.05, 0) is 19.1 Å². The van der Waals surface area contributed by atoms with Gasteiger partial charge in [-0.15, -0.1) is 0 Å². The van der Waals surface area contributed by atoms with E-state index in [1.807, 2.05) is 6.92 Å². The Morgan fingerprint density at radius 1 is 1.45 bits per heavy atom. The van der Waals surface area contributed by atoms with Crippen LogP contribution in [-0.2, 0) is 4.74 Å². The summed E-state index contributed by atoms with van der Waals surface area (Å²) in [7, 11) is 0. The summed E-state index contributed by atoms with van der Waals surface area (Å²) in [5, 5.41) is 17.9. The maximum atomic E-state index is 12.3. The second-order valence-electron chi connectivity index (χ2n) is 4.70. The summed E-state index contributed by atoms with van der Waals surface area (Å²) in [6.07, 6.45) is 0.699. The van der Waals surface area contributed by atoms with Crippen LogP contribution in [0.3, 0.4) is 0 Å². The number of carbonyl (C=O) groups excluding carboxylic acids is 1. The standard InChI is InChI=1S/C13H16N2O5/c1-8-5-15(6-10(7-16)20-8)12(17)9-2-3-11(13(18)19)14-4-9/h2-4,8,10,16H,5-7H2,1H3,(H,18,19). The number of aliphatic hydroxyl groups is 1. The fraction of sp³-hybridized carbons (Fsp3) is 0.462. The highest BCUT2D eigenvalue weighted by Gasteiger charge is 2.28. The molecule has 0 saturated carbocycles. The zero-order valence-electron chi connectivity index (χ0n) is 11.0. The molecule has 1 aromatic heterocycles. The topological polar surface area (TPSA) is 100.0 Å². The molecule has 2 heterocycles. The number of hydrogen-bond donors (Lipinski definition) is 2. The van der Waals surface area contributed by atoms with Crippen molar-refractivity contribution in [3.63, 3.8) is 0 Å². The summed E-state index contributed by atoms with van der Waals surface area (Å²) in [6.45, 7) is 2.41. The number of nitrogens with zero attached hydrogens (tertiary/aromatic N) is 2. The van der Waals surface area contributed by atoms with E-state index >= 15 is 0 Å². The van der Waals surface area contributed by atoms with E-state index in [0.29, 0.717) is 18.7 Å². The van der Waals surface area contributed by atoms with Crippen molar-refractivity contribution >= 4 is 11.9 Å². The molecule has 7 nitrogen and oxygen atoms in total. The van der Waals surface area contributed by atoms with Crippen molar-refractivity contribution in [2.45, 2.75) is 19.1 Å². The maximum Gasteiger partial charge on any atom is 0.354 e. The van der Waals surface area contributed by atoms with Gasteiger partial charge in [-0.1, -0.05) is 0 Å². The molecule has 1 saturated heterocycles. The largest absolute Gasteiger partial charge is 0.477 e. The lowest BCUT2D eigenvalue weighted by Crippen LogP contribution is -2.50. The summed E-state index contributed by atoms with van der Waals surface area (Å²) < 4.78 is 5.47. The molecule has 0 aliphatic carbocycles. The summed E-state index contributed by atoms with van der Waals surface area (Å²) in [5.74, 6) is -1.38. The second-order valence-corrected chi connectivity index (χ2v) is 4.70. The lowest BCUT2D eigenvalue weighted by atomic mass is 10.1. The van der Waals surface area contributed by atoms with Crippen LogP contribution in [0.2, 0.25) is 0 Å². The van der Waals surface area contributed by atoms with Crippen LogP contribution in [0.4, 0.5) is 0 Å². The first kappa shape index (κ1) is 14.4. The van der Waals surface area contributed by atoms with E-state index in [9.17, 15) is 9.59 Å². The van der Waals surface area contributed by atoms with E-state index in [-0.39, 0.29) is 24.3 Å². The number of hydrogen-bond acceptors (Lipinski definition) is 5. The number of rotatable bonds is 3. The van der Waals surface area contributed by atoms with Crippen molar-refractivity contribution < 1.29 is 24.5 Å². The molecule has 1 aliphatic rings. The van der Waals surface area contributed by atoms with Crippen molar-refractivity contribution in [3.05, 3.63) is 29.6 Å². The monoisotopic (exact) mass is 280 g/mol. The molecule has 1 fully saturated rings. The smallest absolute Gasteiger partial charge is 0.354 e. The minimum atomic E-state index is -1.13. The normalized spacial score (nSPS) is 22.6. The highest BCUT2D eigenvalue weighted by molar-refractivity contribution is 5.95. The number of amides is 1. The third kappa shape index (κ3) is 3.12. The molecular weight excluding hydrogens is 264 g/mol. The van der Waals surface area contributed by atoms with E-state index in [0.717, 1.165) is 0 Å². The third-order valence-electron chi connectivity index (χ3n) is 3.05. The molecule has 0 radical (unpaired) electrons. The lowest BCUT2D eigenvalue weighted by molar-refractivity contribution is -0.0858. The molecule has 20 heavy (non-hydrogen) atoms. The van der Waals surface area contributed by atoms with Gasteiger partial charge in [-0.3, -0.25) is 4.79 Å². The highest BCUT2D eigenvalue weighted by Crippen LogP contribution is 2.14. The minimum Gasteiger partial charge on any atom is -0.477 e. The van der Waals surface area contributed by atoms with Crippen LogP contribution in [0.5, 0.6) is 0 Å². The average Bonchev–Trinajstić information content (AvgIpc) is 2.45. The molecule has 0 spiro atoms. The second kappa shape index (κ2) is 5.98. The summed E-state index contributed by atoms with van der Waals surface area (Å²) >= 11 is 0. The number of aromatic nitrogens is 1. The Bertz CT molecular complexity index is 502. The van der Waals surface area contributed by atoms with E-state index in [1.54, 1.807) is 4.90 Å². The van der Waals surface area contributed by atoms with Crippen molar-refractivity contribution in [3.8, 4) is 0 Å². The molecule has 0 aromatic carbocycles. The number of ether oxygens (including phenoxy) is 1. The molecule has 2 unspecified atom stereocenters. The molecule has 2 atom stereocenters. The number of carboxylic acid groups (broad SMARTS) is 1. The minimum absolute atomic E-state index is 0.106. The van der Waals surface area contributed by atoms with E-state index in [2.05, 4.69) is 4.98 Å². The van der Waals surface area contributed by atoms with E-state index < -0.39 is 12.1 Å². The van der Waals surface area contributed by atoms with E-state index in [4.69, 9.17) is 14.9 Å². The Hall–Kier alpha value is -1.99. The van der Waals surface area contributed by atoms with Gasteiger partial charge in [-0.2, -0.15) is 0 Å². The number of aliphatic hydroxyl groups excluding tert-OH is 1. The van der Waals surface area contributed by atoms with Gasteiger partial charge in [0.15, 0.2) is 0 Å². The predicted octanol–water partition coefficient (Wildman–Crippen LogP) is 0.00160. The average molecular weight is 280 g/mol. The summed E-state index contributed by atoms with van der Waals surface area (Å²) in [5.41, 5.74) is 0.214. The first-order valence-corrected chi connectivity index (χ1v) is 6.26. The van der Waals surface area contributed by atoms with Crippen LogP contribution >= 0.6 is 0 Å². The van der Waals surface area contributed by atoms with Gasteiger partial charge >= 0.3 is 5.97 Å². The van der Waals surface area contributed by atoms with Crippen molar-refractivity contribution in [1.29, 1.82) is 0 Å². The molecule has 108 valence electrons.